The van der Waals surface area contributed by atoms with E-state index in [4.69, 9.17) is 4.74 Å². The van der Waals surface area contributed by atoms with Gasteiger partial charge in [0.05, 0.1) is 12.9 Å². The Morgan fingerprint density at radius 3 is 2.62 bits per heavy atom. The fourth-order valence-corrected chi connectivity index (χ4v) is 3.47. The quantitative estimate of drug-likeness (QED) is 0.629. The number of hydrogen-bond donors (Lipinski definition) is 1. The molecule has 0 aliphatic heterocycles. The summed E-state index contributed by atoms with van der Waals surface area (Å²) in [4.78, 5) is 16.6. The summed E-state index contributed by atoms with van der Waals surface area (Å²) in [7, 11) is 1.65. The van der Waals surface area contributed by atoms with Gasteiger partial charge < -0.3 is 10.1 Å². The Morgan fingerprint density at radius 1 is 1.23 bits per heavy atom. The number of carbonyl (C=O) groups is 1. The fraction of sp³-hybridized carbons (Fsp3) is 0.500. The Kier molecular flexibility index (Phi) is 8.04. The lowest BCUT2D eigenvalue weighted by molar-refractivity contribution is -0.119. The summed E-state index contributed by atoms with van der Waals surface area (Å²) >= 11 is 1.45. The van der Waals surface area contributed by atoms with E-state index in [0.717, 1.165) is 29.4 Å². The zero-order valence-electron chi connectivity index (χ0n) is 16.1. The second-order valence-electron chi connectivity index (χ2n) is 6.86. The molecule has 1 unspecified atom stereocenters. The molecule has 2 aromatic rings. The highest BCUT2D eigenvalue weighted by Crippen LogP contribution is 2.22. The number of methoxy groups -OCH3 is 1. The highest BCUT2D eigenvalue weighted by molar-refractivity contribution is 7.99. The normalized spacial score (nSPS) is 12.2. The third kappa shape index (κ3) is 6.41. The van der Waals surface area contributed by atoms with E-state index in [2.05, 4.69) is 31.1 Å². The van der Waals surface area contributed by atoms with Crippen molar-refractivity contribution in [1.82, 2.24) is 14.9 Å². The van der Waals surface area contributed by atoms with Gasteiger partial charge in [0.25, 0.3) is 0 Å². The number of aromatic nitrogens is 2. The molecule has 1 amide bonds. The van der Waals surface area contributed by atoms with Crippen LogP contribution in [0.5, 0.6) is 5.75 Å². The molecule has 0 saturated carbocycles. The molecule has 2 rings (SSSR count). The summed E-state index contributed by atoms with van der Waals surface area (Å²) < 4.78 is 7.17. The van der Waals surface area contributed by atoms with Crippen molar-refractivity contribution in [1.29, 1.82) is 0 Å². The number of amides is 1. The summed E-state index contributed by atoms with van der Waals surface area (Å²) in [6.07, 6.45) is 7.02. The second kappa shape index (κ2) is 10.3. The molecule has 1 heterocycles. The van der Waals surface area contributed by atoms with E-state index in [1.54, 1.807) is 13.3 Å². The van der Waals surface area contributed by atoms with E-state index in [-0.39, 0.29) is 11.9 Å². The summed E-state index contributed by atoms with van der Waals surface area (Å²) in [6, 6.07) is 7.98. The van der Waals surface area contributed by atoms with E-state index in [0.29, 0.717) is 11.7 Å². The topological polar surface area (TPSA) is 56.2 Å². The zero-order chi connectivity index (χ0) is 18.9. The maximum atomic E-state index is 12.2. The van der Waals surface area contributed by atoms with Crippen molar-refractivity contribution < 1.29 is 9.53 Å². The van der Waals surface area contributed by atoms with Crippen LogP contribution in [0, 0.1) is 5.92 Å². The van der Waals surface area contributed by atoms with E-state index >= 15 is 0 Å². The van der Waals surface area contributed by atoms with Gasteiger partial charge in [-0.3, -0.25) is 9.36 Å². The van der Waals surface area contributed by atoms with Gasteiger partial charge in [-0.15, -0.1) is 0 Å². The van der Waals surface area contributed by atoms with Crippen molar-refractivity contribution in [2.45, 2.75) is 51.2 Å². The molecule has 6 heteroatoms. The smallest absolute Gasteiger partial charge is 0.230 e. The molecular weight excluding hydrogens is 346 g/mol. The van der Waals surface area contributed by atoms with Crippen molar-refractivity contribution in [3.05, 3.63) is 36.7 Å². The standard InChI is InChI=1S/C20H29N3O2S/c1-15(2)6-5-7-16(3)22-19(24)14-26-20-21-12-13-23(20)17-8-10-18(25-4)11-9-17/h8-13,15-16H,5-7,14H2,1-4H3,(H,22,24). The van der Waals surface area contributed by atoms with Crippen LogP contribution in [0.3, 0.4) is 0 Å². The molecule has 0 fully saturated rings. The van der Waals surface area contributed by atoms with Gasteiger partial charge >= 0.3 is 0 Å². The van der Waals surface area contributed by atoms with Crippen molar-refractivity contribution in [2.75, 3.05) is 12.9 Å². The zero-order valence-corrected chi connectivity index (χ0v) is 16.9. The Labute approximate surface area is 160 Å². The largest absolute Gasteiger partial charge is 0.497 e. The summed E-state index contributed by atoms with van der Waals surface area (Å²) in [5, 5.41) is 3.88. The van der Waals surface area contributed by atoms with E-state index in [9.17, 15) is 4.79 Å². The maximum Gasteiger partial charge on any atom is 0.230 e. The Balaban J connectivity index is 1.84. The van der Waals surface area contributed by atoms with Crippen molar-refractivity contribution in [2.24, 2.45) is 5.92 Å². The number of rotatable bonds is 10. The SMILES string of the molecule is COc1ccc(-n2ccnc2SCC(=O)NC(C)CCCC(C)C)cc1. The maximum absolute atomic E-state index is 12.2. The van der Waals surface area contributed by atoms with Gasteiger partial charge in [-0.25, -0.2) is 4.98 Å². The molecule has 0 bridgehead atoms. The van der Waals surface area contributed by atoms with Gasteiger partial charge in [0.15, 0.2) is 5.16 Å². The fourth-order valence-electron chi connectivity index (χ4n) is 2.69. The molecule has 0 radical (unpaired) electrons. The van der Waals surface area contributed by atoms with Gasteiger partial charge in [0, 0.05) is 24.1 Å². The summed E-state index contributed by atoms with van der Waals surface area (Å²) in [5.41, 5.74) is 0.994. The Hall–Kier alpha value is -1.95. The van der Waals surface area contributed by atoms with E-state index < -0.39 is 0 Å². The van der Waals surface area contributed by atoms with E-state index in [1.165, 1.54) is 18.2 Å². The number of nitrogens with one attached hydrogen (secondary N) is 1. The van der Waals surface area contributed by atoms with Gasteiger partial charge in [0.2, 0.25) is 5.91 Å². The number of hydrogen-bond acceptors (Lipinski definition) is 4. The molecule has 142 valence electrons. The summed E-state index contributed by atoms with van der Waals surface area (Å²) in [5.74, 6) is 1.94. The molecule has 1 aromatic heterocycles. The van der Waals surface area contributed by atoms with Crippen LogP contribution in [-0.4, -0.2) is 34.4 Å². The predicted molar refractivity (Wildman–Crippen MR) is 107 cm³/mol. The summed E-state index contributed by atoms with van der Waals surface area (Å²) in [6.45, 7) is 6.52. The monoisotopic (exact) mass is 375 g/mol. The molecule has 1 atom stereocenters. The molecule has 0 aliphatic rings. The second-order valence-corrected chi connectivity index (χ2v) is 7.80. The third-order valence-corrected chi connectivity index (χ3v) is 5.08. The molecule has 0 saturated heterocycles. The highest BCUT2D eigenvalue weighted by atomic mass is 32.2. The first-order valence-electron chi connectivity index (χ1n) is 9.09. The first-order chi connectivity index (χ1) is 12.5. The van der Waals surface area contributed by atoms with Crippen molar-refractivity contribution >= 4 is 17.7 Å². The van der Waals surface area contributed by atoms with Crippen molar-refractivity contribution in [3.8, 4) is 11.4 Å². The minimum Gasteiger partial charge on any atom is -0.497 e. The van der Waals surface area contributed by atoms with Crippen LogP contribution in [0.15, 0.2) is 41.8 Å². The van der Waals surface area contributed by atoms with Gasteiger partial charge in [-0.05, 0) is 43.5 Å². The molecule has 1 aromatic carbocycles. The van der Waals surface area contributed by atoms with E-state index in [1.807, 2.05) is 35.0 Å². The van der Waals surface area contributed by atoms with Crippen molar-refractivity contribution in [3.63, 3.8) is 0 Å². The number of ether oxygens (including phenoxy) is 1. The lowest BCUT2D eigenvalue weighted by Gasteiger charge is -2.14. The van der Waals surface area contributed by atoms with Crippen LogP contribution in [-0.2, 0) is 4.79 Å². The first-order valence-corrected chi connectivity index (χ1v) is 10.1. The van der Waals surface area contributed by atoms with Crippen LogP contribution in [0.4, 0.5) is 0 Å². The van der Waals surface area contributed by atoms with Crippen LogP contribution in [0.2, 0.25) is 0 Å². The predicted octanol–water partition coefficient (Wildman–Crippen LogP) is 4.30. The van der Waals surface area contributed by atoms with Crippen LogP contribution in [0.25, 0.3) is 5.69 Å². The first kappa shape index (κ1) is 20.4. The minimum absolute atomic E-state index is 0.0522. The average molecular weight is 376 g/mol. The van der Waals surface area contributed by atoms with Gasteiger partial charge in [-0.1, -0.05) is 38.5 Å². The minimum atomic E-state index is 0.0522. The van der Waals surface area contributed by atoms with Crippen LogP contribution in [0.1, 0.15) is 40.0 Å². The van der Waals surface area contributed by atoms with Gasteiger partial charge in [0.1, 0.15) is 5.75 Å². The molecule has 0 aliphatic carbocycles. The number of nitrogens with zero attached hydrogens (tertiary/aromatic N) is 2. The number of thioether (sulfide) groups is 1. The number of imidazole rings is 1. The lowest BCUT2D eigenvalue weighted by Crippen LogP contribution is -2.33. The van der Waals surface area contributed by atoms with Gasteiger partial charge in [-0.2, -0.15) is 0 Å². The van der Waals surface area contributed by atoms with Crippen LogP contribution >= 0.6 is 11.8 Å². The molecule has 26 heavy (non-hydrogen) atoms. The Bertz CT molecular complexity index is 683. The highest BCUT2D eigenvalue weighted by Gasteiger charge is 2.11. The molecule has 5 nitrogen and oxygen atoms in total. The molecular formula is C20H29N3O2S. The number of benzene rings is 1. The molecule has 0 spiro atoms. The van der Waals surface area contributed by atoms with Crippen LogP contribution < -0.4 is 10.1 Å². The third-order valence-electron chi connectivity index (χ3n) is 4.12. The average Bonchev–Trinajstić information content (AvgIpc) is 3.08. The molecule has 1 N–H and O–H groups in total. The lowest BCUT2D eigenvalue weighted by atomic mass is 10.0. The number of carbonyl (C=O) groups excluding carboxylic acids is 1. The Morgan fingerprint density at radius 2 is 1.96 bits per heavy atom.